The molecule has 0 radical (unpaired) electrons. The van der Waals surface area contributed by atoms with Crippen molar-refractivity contribution in [1.29, 1.82) is 0 Å². The Labute approximate surface area is 164 Å². The van der Waals surface area contributed by atoms with Crippen molar-refractivity contribution >= 4 is 21.4 Å². The molecule has 0 amide bonds. The maximum Gasteiger partial charge on any atom is 0.247 e. The lowest BCUT2D eigenvalue weighted by molar-refractivity contribution is 0.328. The zero-order chi connectivity index (χ0) is 19.1. The van der Waals surface area contributed by atoms with Gasteiger partial charge in [0, 0.05) is 30.4 Å². The molecule has 7 heteroatoms. The number of thiophene rings is 1. The second-order valence-electron chi connectivity index (χ2n) is 5.91. The first-order valence-electron chi connectivity index (χ1n) is 8.74. The van der Waals surface area contributed by atoms with Crippen molar-refractivity contribution in [2.75, 3.05) is 13.2 Å². The standard InChI is InChI=1S/C20H22N2O3S2/c1-2-25-19-9-3-4-10-20(19)27(23,24)22(13-11-18-8-6-14-26-18)16-17-7-5-12-21-15-17/h3-10,12,14-15H,2,11,13,16H2,1H3. The second kappa shape index (κ2) is 9.12. The Morgan fingerprint density at radius 3 is 2.67 bits per heavy atom. The Morgan fingerprint density at radius 2 is 1.96 bits per heavy atom. The molecule has 142 valence electrons. The molecule has 3 aromatic rings. The summed E-state index contributed by atoms with van der Waals surface area (Å²) in [6, 6.07) is 14.5. The van der Waals surface area contributed by atoms with E-state index in [1.165, 1.54) is 4.31 Å². The molecular formula is C20H22N2O3S2. The molecule has 0 bridgehead atoms. The molecule has 0 aliphatic carbocycles. The molecule has 2 aromatic heterocycles. The first-order chi connectivity index (χ1) is 13.1. The van der Waals surface area contributed by atoms with Crippen LogP contribution in [0.25, 0.3) is 0 Å². The third-order valence-corrected chi connectivity index (χ3v) is 6.86. The molecule has 0 N–H and O–H groups in total. The third-order valence-electron chi connectivity index (χ3n) is 4.04. The first kappa shape index (κ1) is 19.5. The number of ether oxygens (including phenoxy) is 1. The Balaban J connectivity index is 1.92. The number of hydrogen-bond donors (Lipinski definition) is 0. The second-order valence-corrected chi connectivity index (χ2v) is 8.85. The molecule has 2 heterocycles. The molecular weight excluding hydrogens is 380 g/mol. The van der Waals surface area contributed by atoms with Gasteiger partial charge in [-0.15, -0.1) is 11.3 Å². The van der Waals surface area contributed by atoms with Crippen LogP contribution in [0.3, 0.4) is 0 Å². The van der Waals surface area contributed by atoms with Gasteiger partial charge in [-0.05, 0) is 48.6 Å². The van der Waals surface area contributed by atoms with Crippen LogP contribution in [0.15, 0.2) is 71.2 Å². The molecule has 0 saturated heterocycles. The van der Waals surface area contributed by atoms with Crippen LogP contribution in [0, 0.1) is 0 Å². The van der Waals surface area contributed by atoms with Crippen molar-refractivity contribution in [2.45, 2.75) is 24.8 Å². The number of rotatable bonds is 9. The molecule has 0 aliphatic heterocycles. The summed E-state index contributed by atoms with van der Waals surface area (Å²) >= 11 is 1.63. The SMILES string of the molecule is CCOc1ccccc1S(=O)(=O)N(CCc1cccs1)Cc1cccnc1. The van der Waals surface area contributed by atoms with E-state index < -0.39 is 10.0 Å². The Kier molecular flexibility index (Phi) is 6.60. The molecule has 1 aromatic carbocycles. The lowest BCUT2D eigenvalue weighted by Gasteiger charge is -2.23. The van der Waals surface area contributed by atoms with Gasteiger partial charge in [-0.1, -0.05) is 24.3 Å². The van der Waals surface area contributed by atoms with E-state index in [4.69, 9.17) is 4.74 Å². The van der Waals surface area contributed by atoms with E-state index in [9.17, 15) is 8.42 Å². The molecule has 0 fully saturated rings. The van der Waals surface area contributed by atoms with Crippen molar-refractivity contribution in [1.82, 2.24) is 9.29 Å². The topological polar surface area (TPSA) is 59.5 Å². The molecule has 0 unspecified atom stereocenters. The number of pyridine rings is 1. The predicted molar refractivity (Wildman–Crippen MR) is 107 cm³/mol. The van der Waals surface area contributed by atoms with Crippen LogP contribution < -0.4 is 4.74 Å². The van der Waals surface area contributed by atoms with E-state index in [0.717, 1.165) is 10.4 Å². The van der Waals surface area contributed by atoms with E-state index in [1.54, 1.807) is 48.0 Å². The molecule has 0 saturated carbocycles. The highest BCUT2D eigenvalue weighted by Crippen LogP contribution is 2.28. The van der Waals surface area contributed by atoms with Gasteiger partial charge < -0.3 is 4.74 Å². The molecule has 0 atom stereocenters. The van der Waals surface area contributed by atoms with E-state index in [-0.39, 0.29) is 11.4 Å². The van der Waals surface area contributed by atoms with Crippen molar-refractivity contribution in [2.24, 2.45) is 0 Å². The van der Waals surface area contributed by atoms with Gasteiger partial charge in [-0.25, -0.2) is 8.42 Å². The van der Waals surface area contributed by atoms with Gasteiger partial charge >= 0.3 is 0 Å². The molecule has 3 rings (SSSR count). The number of nitrogens with zero attached hydrogens (tertiary/aromatic N) is 2. The average molecular weight is 403 g/mol. The Bertz CT molecular complexity index is 942. The number of benzene rings is 1. The van der Waals surface area contributed by atoms with Gasteiger partial charge in [0.05, 0.1) is 6.61 Å². The maximum absolute atomic E-state index is 13.4. The summed E-state index contributed by atoms with van der Waals surface area (Å²) in [5, 5.41) is 2.00. The predicted octanol–water partition coefficient (Wildman–Crippen LogP) is 3.98. The van der Waals surface area contributed by atoms with E-state index in [0.29, 0.717) is 25.3 Å². The number of para-hydroxylation sites is 1. The summed E-state index contributed by atoms with van der Waals surface area (Å²) in [6.45, 7) is 2.90. The van der Waals surface area contributed by atoms with Crippen LogP contribution in [0.5, 0.6) is 5.75 Å². The van der Waals surface area contributed by atoms with Crippen molar-refractivity contribution in [3.8, 4) is 5.75 Å². The molecule has 27 heavy (non-hydrogen) atoms. The monoisotopic (exact) mass is 402 g/mol. The van der Waals surface area contributed by atoms with Gasteiger partial charge in [-0.3, -0.25) is 4.98 Å². The highest BCUT2D eigenvalue weighted by atomic mass is 32.2. The molecule has 0 aliphatic rings. The quantitative estimate of drug-likeness (QED) is 0.543. The maximum atomic E-state index is 13.4. The summed E-state index contributed by atoms with van der Waals surface area (Å²) in [7, 11) is -3.72. The van der Waals surface area contributed by atoms with Crippen molar-refractivity contribution in [3.63, 3.8) is 0 Å². The summed E-state index contributed by atoms with van der Waals surface area (Å²) in [5.41, 5.74) is 0.848. The minimum atomic E-state index is -3.72. The van der Waals surface area contributed by atoms with E-state index in [1.807, 2.05) is 36.6 Å². The van der Waals surface area contributed by atoms with Crippen LogP contribution in [0.1, 0.15) is 17.4 Å². The number of aromatic nitrogens is 1. The zero-order valence-corrected chi connectivity index (χ0v) is 16.7. The number of sulfonamides is 1. The summed E-state index contributed by atoms with van der Waals surface area (Å²) in [6.07, 6.45) is 4.04. The zero-order valence-electron chi connectivity index (χ0n) is 15.1. The fourth-order valence-corrected chi connectivity index (χ4v) is 5.01. The third kappa shape index (κ3) is 4.94. The highest BCUT2D eigenvalue weighted by molar-refractivity contribution is 7.89. The molecule has 0 spiro atoms. The first-order valence-corrected chi connectivity index (χ1v) is 11.1. The smallest absolute Gasteiger partial charge is 0.247 e. The van der Waals surface area contributed by atoms with Crippen LogP contribution >= 0.6 is 11.3 Å². The Morgan fingerprint density at radius 1 is 1.11 bits per heavy atom. The van der Waals surface area contributed by atoms with Crippen LogP contribution in [0.2, 0.25) is 0 Å². The minimum Gasteiger partial charge on any atom is -0.492 e. The van der Waals surface area contributed by atoms with Gasteiger partial charge in [0.15, 0.2) is 0 Å². The lowest BCUT2D eigenvalue weighted by Crippen LogP contribution is -2.32. The summed E-state index contributed by atoms with van der Waals surface area (Å²) in [5.74, 6) is 0.382. The number of hydrogen-bond acceptors (Lipinski definition) is 5. The van der Waals surface area contributed by atoms with Crippen molar-refractivity contribution < 1.29 is 13.2 Å². The van der Waals surface area contributed by atoms with Gasteiger partial charge in [0.1, 0.15) is 10.6 Å². The van der Waals surface area contributed by atoms with Crippen LogP contribution in [-0.4, -0.2) is 30.9 Å². The van der Waals surface area contributed by atoms with Crippen LogP contribution in [-0.2, 0) is 23.0 Å². The highest BCUT2D eigenvalue weighted by Gasteiger charge is 2.27. The fourth-order valence-electron chi connectivity index (χ4n) is 2.75. The Hall–Kier alpha value is -2.22. The van der Waals surface area contributed by atoms with Gasteiger partial charge in [0.2, 0.25) is 10.0 Å². The van der Waals surface area contributed by atoms with Crippen LogP contribution in [0.4, 0.5) is 0 Å². The van der Waals surface area contributed by atoms with Gasteiger partial charge in [0.25, 0.3) is 0 Å². The van der Waals surface area contributed by atoms with Gasteiger partial charge in [-0.2, -0.15) is 4.31 Å². The lowest BCUT2D eigenvalue weighted by atomic mass is 10.3. The minimum absolute atomic E-state index is 0.196. The van der Waals surface area contributed by atoms with E-state index >= 15 is 0 Å². The summed E-state index contributed by atoms with van der Waals surface area (Å²) in [4.78, 5) is 5.45. The average Bonchev–Trinajstić information content (AvgIpc) is 3.20. The normalized spacial score (nSPS) is 11.6. The summed E-state index contributed by atoms with van der Waals surface area (Å²) < 4.78 is 33.9. The fraction of sp³-hybridized carbons (Fsp3) is 0.250. The van der Waals surface area contributed by atoms with E-state index in [2.05, 4.69) is 4.98 Å². The molecule has 5 nitrogen and oxygen atoms in total. The largest absolute Gasteiger partial charge is 0.492 e. The van der Waals surface area contributed by atoms with Crippen molar-refractivity contribution in [3.05, 3.63) is 76.7 Å².